The van der Waals surface area contributed by atoms with Gasteiger partial charge in [0, 0.05) is 31.2 Å². The summed E-state index contributed by atoms with van der Waals surface area (Å²) in [6.45, 7) is 4.02. The molecule has 1 unspecified atom stereocenters. The molecule has 2 saturated heterocycles. The number of rotatable bonds is 1. The number of aromatic nitrogens is 1. The fourth-order valence-corrected chi connectivity index (χ4v) is 3.39. The molecule has 4 heteroatoms. The minimum Gasteiger partial charge on any atom is -0.357 e. The third kappa shape index (κ3) is 2.17. The van der Waals surface area contributed by atoms with Crippen LogP contribution in [0.5, 0.6) is 0 Å². The molecule has 2 aliphatic rings. The zero-order chi connectivity index (χ0) is 12.4. The lowest BCUT2D eigenvalue weighted by atomic mass is 9.74. The normalized spacial score (nSPS) is 28.6. The average molecular weight is 247 g/mol. The van der Waals surface area contributed by atoms with Crippen molar-refractivity contribution in [3.05, 3.63) is 24.0 Å². The predicted octanol–water partition coefficient (Wildman–Crippen LogP) is 1.62. The first-order chi connectivity index (χ1) is 8.79. The number of hydrogen-bond donors (Lipinski definition) is 2. The van der Waals surface area contributed by atoms with E-state index < -0.39 is 0 Å². The molecule has 4 nitrogen and oxygen atoms in total. The lowest BCUT2D eigenvalue weighted by Gasteiger charge is -2.45. The molecule has 18 heavy (non-hydrogen) atoms. The molecule has 2 fully saturated rings. The molecule has 1 atom stereocenters. The number of H-pyrrole nitrogens is 1. The van der Waals surface area contributed by atoms with Crippen LogP contribution in [-0.4, -0.2) is 42.0 Å². The molecular weight excluding hydrogens is 226 g/mol. The number of piperidine rings is 2. The van der Waals surface area contributed by atoms with Crippen LogP contribution in [0.25, 0.3) is 0 Å². The van der Waals surface area contributed by atoms with Gasteiger partial charge in [-0.25, -0.2) is 0 Å². The van der Waals surface area contributed by atoms with Gasteiger partial charge in [-0.2, -0.15) is 0 Å². The second-order valence-electron chi connectivity index (χ2n) is 5.69. The van der Waals surface area contributed by atoms with Gasteiger partial charge in [0.05, 0.1) is 0 Å². The second-order valence-corrected chi connectivity index (χ2v) is 5.69. The summed E-state index contributed by atoms with van der Waals surface area (Å²) in [6, 6.07) is 3.75. The number of aromatic amines is 1. The minimum atomic E-state index is 0.157. The lowest BCUT2D eigenvalue weighted by molar-refractivity contribution is 0.0429. The van der Waals surface area contributed by atoms with Crippen molar-refractivity contribution in [3.8, 4) is 0 Å². The molecule has 1 aromatic rings. The summed E-state index contributed by atoms with van der Waals surface area (Å²) >= 11 is 0. The van der Waals surface area contributed by atoms with E-state index >= 15 is 0 Å². The van der Waals surface area contributed by atoms with Gasteiger partial charge >= 0.3 is 0 Å². The van der Waals surface area contributed by atoms with E-state index in [0.29, 0.717) is 5.41 Å². The van der Waals surface area contributed by atoms with Crippen LogP contribution in [0.1, 0.15) is 36.2 Å². The topological polar surface area (TPSA) is 48.1 Å². The summed E-state index contributed by atoms with van der Waals surface area (Å²) in [4.78, 5) is 17.4. The Hall–Kier alpha value is -1.29. The summed E-state index contributed by atoms with van der Waals surface area (Å²) < 4.78 is 0. The van der Waals surface area contributed by atoms with Crippen molar-refractivity contribution in [2.24, 2.45) is 5.41 Å². The summed E-state index contributed by atoms with van der Waals surface area (Å²) in [7, 11) is 0. The Labute approximate surface area is 108 Å². The van der Waals surface area contributed by atoms with Crippen LogP contribution in [0.15, 0.2) is 18.3 Å². The molecule has 1 aromatic heterocycles. The van der Waals surface area contributed by atoms with Crippen molar-refractivity contribution >= 4 is 5.91 Å². The van der Waals surface area contributed by atoms with Gasteiger partial charge in [-0.1, -0.05) is 0 Å². The van der Waals surface area contributed by atoms with Gasteiger partial charge in [0.15, 0.2) is 0 Å². The summed E-state index contributed by atoms with van der Waals surface area (Å²) in [5, 5.41) is 3.49. The van der Waals surface area contributed by atoms with Crippen molar-refractivity contribution in [2.45, 2.75) is 25.7 Å². The number of hydrogen-bond acceptors (Lipinski definition) is 2. The molecule has 0 bridgehead atoms. The molecule has 2 aliphatic heterocycles. The van der Waals surface area contributed by atoms with E-state index in [1.165, 1.54) is 19.3 Å². The van der Waals surface area contributed by atoms with Gasteiger partial charge in [-0.15, -0.1) is 0 Å². The first kappa shape index (κ1) is 11.8. The molecule has 0 radical (unpaired) electrons. The Kier molecular flexibility index (Phi) is 3.12. The van der Waals surface area contributed by atoms with E-state index in [-0.39, 0.29) is 5.91 Å². The zero-order valence-electron chi connectivity index (χ0n) is 10.7. The third-order valence-corrected chi connectivity index (χ3v) is 4.34. The maximum atomic E-state index is 12.4. The van der Waals surface area contributed by atoms with Crippen LogP contribution in [0.3, 0.4) is 0 Å². The predicted molar refractivity (Wildman–Crippen MR) is 70.5 cm³/mol. The fraction of sp³-hybridized carbons (Fsp3) is 0.643. The quantitative estimate of drug-likeness (QED) is 0.792. The highest BCUT2D eigenvalue weighted by atomic mass is 16.2. The standard InChI is InChI=1S/C14H21N3O/c18-13(12-4-1-8-16-12)17-9-3-6-14(11-17)5-2-7-15-10-14/h1,4,8,15-16H,2-3,5-7,9-11H2. The van der Waals surface area contributed by atoms with Gasteiger partial charge < -0.3 is 15.2 Å². The minimum absolute atomic E-state index is 0.157. The van der Waals surface area contributed by atoms with E-state index in [9.17, 15) is 4.79 Å². The molecule has 1 spiro atoms. The maximum absolute atomic E-state index is 12.4. The van der Waals surface area contributed by atoms with E-state index in [1.54, 1.807) is 0 Å². The molecule has 0 aliphatic carbocycles. The number of carbonyl (C=O) groups excluding carboxylic acids is 1. The zero-order valence-corrected chi connectivity index (χ0v) is 10.7. The number of nitrogens with one attached hydrogen (secondary N) is 2. The number of likely N-dealkylation sites (tertiary alicyclic amines) is 1. The Morgan fingerprint density at radius 3 is 2.94 bits per heavy atom. The van der Waals surface area contributed by atoms with Crippen LogP contribution >= 0.6 is 0 Å². The Balaban J connectivity index is 1.72. The van der Waals surface area contributed by atoms with E-state index in [4.69, 9.17) is 0 Å². The average Bonchev–Trinajstić information content (AvgIpc) is 2.93. The van der Waals surface area contributed by atoms with Crippen molar-refractivity contribution in [2.75, 3.05) is 26.2 Å². The smallest absolute Gasteiger partial charge is 0.270 e. The highest BCUT2D eigenvalue weighted by Crippen LogP contribution is 2.36. The van der Waals surface area contributed by atoms with Crippen LogP contribution in [0.4, 0.5) is 0 Å². The first-order valence-corrected chi connectivity index (χ1v) is 6.93. The van der Waals surface area contributed by atoms with Crippen LogP contribution in [0, 0.1) is 5.41 Å². The third-order valence-electron chi connectivity index (χ3n) is 4.34. The van der Waals surface area contributed by atoms with E-state index in [2.05, 4.69) is 10.3 Å². The molecule has 3 rings (SSSR count). The highest BCUT2D eigenvalue weighted by Gasteiger charge is 2.38. The largest absolute Gasteiger partial charge is 0.357 e. The molecule has 3 heterocycles. The maximum Gasteiger partial charge on any atom is 0.270 e. The molecular formula is C14H21N3O. The van der Waals surface area contributed by atoms with Crippen molar-refractivity contribution in [1.29, 1.82) is 0 Å². The summed E-state index contributed by atoms with van der Waals surface area (Å²) in [5.41, 5.74) is 1.05. The van der Waals surface area contributed by atoms with Gasteiger partial charge in [0.1, 0.15) is 5.69 Å². The SMILES string of the molecule is O=C(c1ccc[nH]1)N1CCCC2(CCCNC2)C1. The van der Waals surface area contributed by atoms with Crippen LogP contribution in [0.2, 0.25) is 0 Å². The summed E-state index contributed by atoms with van der Waals surface area (Å²) in [5.74, 6) is 0.157. The Bertz CT molecular complexity index is 401. The number of carbonyl (C=O) groups is 1. The number of nitrogens with zero attached hydrogens (tertiary/aromatic N) is 1. The monoisotopic (exact) mass is 247 g/mol. The van der Waals surface area contributed by atoms with Gasteiger partial charge in [0.25, 0.3) is 5.91 Å². The molecule has 1 amide bonds. The van der Waals surface area contributed by atoms with Crippen LogP contribution in [-0.2, 0) is 0 Å². The highest BCUT2D eigenvalue weighted by molar-refractivity contribution is 5.92. The van der Waals surface area contributed by atoms with Crippen molar-refractivity contribution in [3.63, 3.8) is 0 Å². The van der Waals surface area contributed by atoms with Crippen molar-refractivity contribution in [1.82, 2.24) is 15.2 Å². The van der Waals surface area contributed by atoms with Gasteiger partial charge in [-0.3, -0.25) is 4.79 Å². The van der Waals surface area contributed by atoms with Gasteiger partial charge in [-0.05, 0) is 44.4 Å². The van der Waals surface area contributed by atoms with Crippen molar-refractivity contribution < 1.29 is 4.79 Å². The molecule has 0 saturated carbocycles. The second kappa shape index (κ2) is 4.76. The molecule has 0 aromatic carbocycles. The molecule has 2 N–H and O–H groups in total. The molecule has 98 valence electrons. The lowest BCUT2D eigenvalue weighted by Crippen LogP contribution is -2.52. The fourth-order valence-electron chi connectivity index (χ4n) is 3.39. The van der Waals surface area contributed by atoms with Crippen LogP contribution < -0.4 is 5.32 Å². The Morgan fingerprint density at radius 2 is 2.22 bits per heavy atom. The van der Waals surface area contributed by atoms with E-state index in [0.717, 1.165) is 38.3 Å². The first-order valence-electron chi connectivity index (χ1n) is 6.93. The summed E-state index contributed by atoms with van der Waals surface area (Å²) in [6.07, 6.45) is 6.71. The van der Waals surface area contributed by atoms with E-state index in [1.807, 2.05) is 23.2 Å². The van der Waals surface area contributed by atoms with Gasteiger partial charge in [0.2, 0.25) is 0 Å². The number of amides is 1. The Morgan fingerprint density at radius 1 is 1.33 bits per heavy atom.